The summed E-state index contributed by atoms with van der Waals surface area (Å²) in [5.74, 6) is 0.0129. The number of carboxylic acid groups (broad SMARTS) is 1. The molecule has 1 amide bonds. The Kier molecular flexibility index (Phi) is 4.35. The highest BCUT2D eigenvalue weighted by molar-refractivity contribution is 5.79. The number of nitrogens with zero attached hydrogens (tertiary/aromatic N) is 1. The van der Waals surface area contributed by atoms with Crippen molar-refractivity contribution in [2.75, 3.05) is 13.7 Å². The summed E-state index contributed by atoms with van der Waals surface area (Å²) in [7, 11) is 1.49. The van der Waals surface area contributed by atoms with E-state index in [4.69, 9.17) is 9.47 Å². The molecule has 6 heteroatoms. The first kappa shape index (κ1) is 15.2. The van der Waals surface area contributed by atoms with E-state index in [1.807, 2.05) is 6.92 Å². The molecule has 1 N–H and O–H groups in total. The molecule has 2 rings (SSSR count). The molecule has 21 heavy (non-hydrogen) atoms. The summed E-state index contributed by atoms with van der Waals surface area (Å²) in [5, 5.41) is 9.48. The SMILES string of the molecule is CCN(C=O)C(C(=O)O)c1cc2c(cc1OC)CC(C)O2. The monoisotopic (exact) mass is 293 g/mol. The van der Waals surface area contributed by atoms with Crippen LogP contribution in [-0.4, -0.2) is 42.1 Å². The van der Waals surface area contributed by atoms with Gasteiger partial charge in [0.15, 0.2) is 6.04 Å². The van der Waals surface area contributed by atoms with Crippen LogP contribution < -0.4 is 9.47 Å². The molecular weight excluding hydrogens is 274 g/mol. The Balaban J connectivity index is 2.52. The number of methoxy groups -OCH3 is 1. The fraction of sp³-hybridized carbons (Fsp3) is 0.467. The number of carbonyl (C=O) groups excluding carboxylic acids is 1. The quantitative estimate of drug-likeness (QED) is 0.807. The highest BCUT2D eigenvalue weighted by Crippen LogP contribution is 2.39. The number of ether oxygens (including phenoxy) is 2. The average molecular weight is 293 g/mol. The van der Waals surface area contributed by atoms with Crippen molar-refractivity contribution in [1.29, 1.82) is 0 Å². The highest BCUT2D eigenvalue weighted by Gasteiger charge is 2.31. The van der Waals surface area contributed by atoms with Crippen LogP contribution in [0.5, 0.6) is 11.5 Å². The van der Waals surface area contributed by atoms with Gasteiger partial charge in [-0.1, -0.05) is 0 Å². The van der Waals surface area contributed by atoms with Crippen molar-refractivity contribution >= 4 is 12.4 Å². The molecule has 1 aromatic carbocycles. The largest absolute Gasteiger partial charge is 0.496 e. The van der Waals surface area contributed by atoms with E-state index < -0.39 is 12.0 Å². The maximum atomic E-state index is 11.6. The van der Waals surface area contributed by atoms with E-state index in [0.717, 1.165) is 12.0 Å². The number of benzene rings is 1. The van der Waals surface area contributed by atoms with Crippen molar-refractivity contribution < 1.29 is 24.2 Å². The number of likely N-dealkylation sites (N-methyl/N-ethyl adjacent to an activating group) is 1. The average Bonchev–Trinajstić information content (AvgIpc) is 2.81. The fourth-order valence-corrected chi connectivity index (χ4v) is 2.62. The predicted molar refractivity (Wildman–Crippen MR) is 75.6 cm³/mol. The topological polar surface area (TPSA) is 76.1 Å². The maximum absolute atomic E-state index is 11.6. The van der Waals surface area contributed by atoms with Crippen LogP contribution in [0.15, 0.2) is 12.1 Å². The van der Waals surface area contributed by atoms with Gasteiger partial charge >= 0.3 is 5.97 Å². The fourth-order valence-electron chi connectivity index (χ4n) is 2.62. The van der Waals surface area contributed by atoms with E-state index in [-0.39, 0.29) is 12.6 Å². The third-order valence-corrected chi connectivity index (χ3v) is 3.61. The molecule has 0 aromatic heterocycles. The molecule has 0 saturated carbocycles. The second-order valence-electron chi connectivity index (χ2n) is 5.01. The lowest BCUT2D eigenvalue weighted by molar-refractivity contribution is -0.146. The van der Waals surface area contributed by atoms with Gasteiger partial charge in [0.2, 0.25) is 6.41 Å². The summed E-state index contributed by atoms with van der Waals surface area (Å²) >= 11 is 0. The zero-order chi connectivity index (χ0) is 15.6. The van der Waals surface area contributed by atoms with Crippen molar-refractivity contribution in [2.45, 2.75) is 32.4 Å². The molecule has 0 aliphatic carbocycles. The van der Waals surface area contributed by atoms with Gasteiger partial charge in [-0.25, -0.2) is 4.79 Å². The smallest absolute Gasteiger partial charge is 0.331 e. The minimum absolute atomic E-state index is 0.0524. The van der Waals surface area contributed by atoms with Gasteiger partial charge in [0.1, 0.15) is 17.6 Å². The molecule has 1 aliphatic heterocycles. The van der Waals surface area contributed by atoms with Crippen LogP contribution in [0, 0.1) is 0 Å². The summed E-state index contributed by atoms with van der Waals surface area (Å²) in [6.45, 7) is 3.96. The van der Waals surface area contributed by atoms with Gasteiger partial charge in [-0.2, -0.15) is 0 Å². The Morgan fingerprint density at radius 2 is 2.33 bits per heavy atom. The third kappa shape index (κ3) is 2.79. The molecule has 1 heterocycles. The number of rotatable bonds is 6. The zero-order valence-electron chi connectivity index (χ0n) is 12.3. The van der Waals surface area contributed by atoms with Crippen LogP contribution in [0.2, 0.25) is 0 Å². The lowest BCUT2D eigenvalue weighted by Gasteiger charge is -2.25. The lowest BCUT2D eigenvalue weighted by atomic mass is 10.00. The van der Waals surface area contributed by atoms with E-state index in [0.29, 0.717) is 23.5 Å². The number of amides is 1. The van der Waals surface area contributed by atoms with Crippen LogP contribution in [0.1, 0.15) is 31.0 Å². The summed E-state index contributed by atoms with van der Waals surface area (Å²) < 4.78 is 11.0. The zero-order valence-corrected chi connectivity index (χ0v) is 12.3. The van der Waals surface area contributed by atoms with Crippen molar-refractivity contribution in [3.8, 4) is 11.5 Å². The van der Waals surface area contributed by atoms with E-state index in [2.05, 4.69) is 0 Å². The molecule has 2 unspecified atom stereocenters. The molecule has 1 aliphatic rings. The first-order valence-electron chi connectivity index (χ1n) is 6.83. The highest BCUT2D eigenvalue weighted by atomic mass is 16.5. The minimum atomic E-state index is -1.10. The molecule has 0 fully saturated rings. The van der Waals surface area contributed by atoms with Crippen LogP contribution >= 0.6 is 0 Å². The van der Waals surface area contributed by atoms with Gasteiger partial charge in [0, 0.05) is 24.1 Å². The van der Waals surface area contributed by atoms with Crippen molar-refractivity contribution in [1.82, 2.24) is 4.90 Å². The summed E-state index contributed by atoms with van der Waals surface area (Å²) in [4.78, 5) is 23.9. The first-order chi connectivity index (χ1) is 10.0. The molecular formula is C15H19NO5. The van der Waals surface area contributed by atoms with Crippen LogP contribution in [0.3, 0.4) is 0 Å². The second kappa shape index (κ2) is 6.03. The lowest BCUT2D eigenvalue weighted by Crippen LogP contribution is -2.33. The van der Waals surface area contributed by atoms with Crippen LogP contribution in [-0.2, 0) is 16.0 Å². The van der Waals surface area contributed by atoms with Crippen LogP contribution in [0.4, 0.5) is 0 Å². The van der Waals surface area contributed by atoms with Gasteiger partial charge < -0.3 is 19.5 Å². The molecule has 0 spiro atoms. The second-order valence-corrected chi connectivity index (χ2v) is 5.01. The van der Waals surface area contributed by atoms with Gasteiger partial charge in [-0.05, 0) is 26.0 Å². The van der Waals surface area contributed by atoms with Crippen LogP contribution in [0.25, 0.3) is 0 Å². The van der Waals surface area contributed by atoms with E-state index >= 15 is 0 Å². The Morgan fingerprint density at radius 3 is 2.86 bits per heavy atom. The maximum Gasteiger partial charge on any atom is 0.331 e. The number of hydrogen-bond donors (Lipinski definition) is 1. The minimum Gasteiger partial charge on any atom is -0.496 e. The van der Waals surface area contributed by atoms with Gasteiger partial charge in [-0.3, -0.25) is 4.79 Å². The Hall–Kier alpha value is -2.24. The molecule has 6 nitrogen and oxygen atoms in total. The van der Waals surface area contributed by atoms with Gasteiger partial charge in [0.05, 0.1) is 7.11 Å². The van der Waals surface area contributed by atoms with E-state index in [9.17, 15) is 14.7 Å². The number of aliphatic carboxylic acids is 1. The standard InChI is InChI=1S/C15H19NO5/c1-4-16(8-17)14(15(18)19)11-7-12-10(5-9(2)21-12)6-13(11)20-3/h6-9,14H,4-5H2,1-3H3,(H,18,19). The van der Waals surface area contributed by atoms with Gasteiger partial charge in [0.25, 0.3) is 0 Å². The predicted octanol–water partition coefficient (Wildman–Crippen LogP) is 1.62. The number of carboxylic acids is 1. The van der Waals surface area contributed by atoms with Crippen molar-refractivity contribution in [3.63, 3.8) is 0 Å². The summed E-state index contributed by atoms with van der Waals surface area (Å²) in [6.07, 6.45) is 1.35. The van der Waals surface area contributed by atoms with Crippen molar-refractivity contribution in [3.05, 3.63) is 23.3 Å². The molecule has 114 valence electrons. The summed E-state index contributed by atoms with van der Waals surface area (Å²) in [5.41, 5.74) is 1.41. The Labute approximate surface area is 123 Å². The van der Waals surface area contributed by atoms with Crippen molar-refractivity contribution in [2.24, 2.45) is 0 Å². The van der Waals surface area contributed by atoms with E-state index in [1.54, 1.807) is 19.1 Å². The molecule has 0 radical (unpaired) electrons. The number of fused-ring (bicyclic) bond motifs is 1. The summed E-state index contributed by atoms with van der Waals surface area (Å²) in [6, 6.07) is 2.37. The van der Waals surface area contributed by atoms with Gasteiger partial charge in [-0.15, -0.1) is 0 Å². The number of hydrogen-bond acceptors (Lipinski definition) is 4. The molecule has 0 bridgehead atoms. The normalized spacial score (nSPS) is 17.6. The molecule has 0 saturated heterocycles. The molecule has 1 aromatic rings. The van der Waals surface area contributed by atoms with E-state index in [1.165, 1.54) is 12.0 Å². The number of carbonyl (C=O) groups is 2. The Bertz CT molecular complexity index is 557. The Morgan fingerprint density at radius 1 is 1.62 bits per heavy atom. The third-order valence-electron chi connectivity index (χ3n) is 3.61. The first-order valence-corrected chi connectivity index (χ1v) is 6.83. The molecule has 2 atom stereocenters.